The number of carbonyl (C=O) groups is 2. The van der Waals surface area contributed by atoms with Crippen molar-refractivity contribution >= 4 is 34.7 Å². The van der Waals surface area contributed by atoms with Crippen molar-refractivity contribution in [3.8, 4) is 11.1 Å². The Bertz CT molecular complexity index is 483. The zero-order valence-corrected chi connectivity index (χ0v) is 10.1. The van der Waals surface area contributed by atoms with Crippen LogP contribution in [0.2, 0.25) is 0 Å². The lowest BCUT2D eigenvalue weighted by Crippen LogP contribution is -1.95. The molecular formula is C12H10O2S2. The van der Waals surface area contributed by atoms with E-state index in [1.165, 1.54) is 11.3 Å². The number of hydrogen-bond acceptors (Lipinski definition) is 4. The lowest BCUT2D eigenvalue weighted by molar-refractivity contribution is -0.107. The summed E-state index contributed by atoms with van der Waals surface area (Å²) in [7, 11) is 0. The average Bonchev–Trinajstić information content (AvgIpc) is 2.94. The minimum absolute atomic E-state index is 0.0542. The van der Waals surface area contributed by atoms with Crippen LogP contribution in [0.25, 0.3) is 11.1 Å². The van der Waals surface area contributed by atoms with E-state index in [-0.39, 0.29) is 5.78 Å². The highest BCUT2D eigenvalue weighted by Gasteiger charge is 2.09. The van der Waals surface area contributed by atoms with Crippen LogP contribution in [0.1, 0.15) is 22.5 Å². The molecule has 0 aliphatic rings. The number of Topliss-reactive ketones (excluding diaryl/α,β-unsaturated/α-hetero) is 1. The van der Waals surface area contributed by atoms with Gasteiger partial charge in [0.15, 0.2) is 5.78 Å². The van der Waals surface area contributed by atoms with Crippen LogP contribution in [0.15, 0.2) is 28.3 Å². The van der Waals surface area contributed by atoms with Crippen molar-refractivity contribution in [1.29, 1.82) is 0 Å². The van der Waals surface area contributed by atoms with Crippen LogP contribution < -0.4 is 0 Å². The Labute approximate surface area is 102 Å². The second kappa shape index (κ2) is 5.18. The molecule has 2 rings (SSSR count). The average molecular weight is 250 g/mol. The minimum atomic E-state index is 0.0542. The second-order valence-electron chi connectivity index (χ2n) is 3.34. The fraction of sp³-hybridized carbons (Fsp3) is 0.167. The van der Waals surface area contributed by atoms with Gasteiger partial charge >= 0.3 is 0 Å². The molecule has 0 bridgehead atoms. The third-order valence-electron chi connectivity index (χ3n) is 2.22. The van der Waals surface area contributed by atoms with E-state index in [0.29, 0.717) is 12.8 Å². The summed E-state index contributed by atoms with van der Waals surface area (Å²) in [4.78, 5) is 22.6. The molecule has 0 aromatic carbocycles. The number of carbonyl (C=O) groups excluding carboxylic acids is 2. The van der Waals surface area contributed by atoms with Gasteiger partial charge in [-0.1, -0.05) is 0 Å². The Kier molecular flexibility index (Phi) is 3.64. The van der Waals surface area contributed by atoms with Gasteiger partial charge in [-0.05, 0) is 39.4 Å². The van der Waals surface area contributed by atoms with Crippen LogP contribution in [-0.4, -0.2) is 12.1 Å². The van der Waals surface area contributed by atoms with Crippen molar-refractivity contribution in [1.82, 2.24) is 0 Å². The molecule has 0 amide bonds. The Morgan fingerprint density at radius 3 is 2.88 bits per heavy atom. The van der Waals surface area contributed by atoms with Gasteiger partial charge in [0.2, 0.25) is 0 Å². The standard InChI is InChI=1S/C12H10O2S2/c13-4-1-2-11(14)12-6-10(8-16-12)9-3-5-15-7-9/h3-8H,1-2H2. The number of ketones is 1. The number of rotatable bonds is 5. The molecule has 0 radical (unpaired) electrons. The predicted octanol–water partition coefficient (Wildman–Crippen LogP) is 3.64. The molecule has 2 nitrogen and oxygen atoms in total. The van der Waals surface area contributed by atoms with Gasteiger partial charge in [0.25, 0.3) is 0 Å². The summed E-state index contributed by atoms with van der Waals surface area (Å²) in [6.07, 6.45) is 1.41. The predicted molar refractivity (Wildman–Crippen MR) is 67.3 cm³/mol. The maximum Gasteiger partial charge on any atom is 0.173 e. The Hall–Kier alpha value is -1.26. The van der Waals surface area contributed by atoms with Gasteiger partial charge < -0.3 is 4.79 Å². The minimum Gasteiger partial charge on any atom is -0.303 e. The summed E-state index contributed by atoms with van der Waals surface area (Å²) >= 11 is 3.08. The van der Waals surface area contributed by atoms with Crippen molar-refractivity contribution in [2.24, 2.45) is 0 Å². The zero-order chi connectivity index (χ0) is 11.4. The maximum absolute atomic E-state index is 11.6. The molecule has 16 heavy (non-hydrogen) atoms. The van der Waals surface area contributed by atoms with Crippen molar-refractivity contribution in [3.63, 3.8) is 0 Å². The van der Waals surface area contributed by atoms with Crippen molar-refractivity contribution in [3.05, 3.63) is 33.2 Å². The van der Waals surface area contributed by atoms with Crippen LogP contribution >= 0.6 is 22.7 Å². The highest BCUT2D eigenvalue weighted by atomic mass is 32.1. The van der Waals surface area contributed by atoms with Crippen LogP contribution in [0.5, 0.6) is 0 Å². The number of thiophene rings is 2. The fourth-order valence-electron chi connectivity index (χ4n) is 1.38. The summed E-state index contributed by atoms with van der Waals surface area (Å²) < 4.78 is 0. The first-order valence-corrected chi connectivity index (χ1v) is 6.71. The van der Waals surface area contributed by atoms with Gasteiger partial charge in [0.05, 0.1) is 4.88 Å². The van der Waals surface area contributed by atoms with Crippen molar-refractivity contribution < 1.29 is 9.59 Å². The fourth-order valence-corrected chi connectivity index (χ4v) is 2.93. The van der Waals surface area contributed by atoms with Crippen molar-refractivity contribution in [2.75, 3.05) is 0 Å². The molecule has 4 heteroatoms. The maximum atomic E-state index is 11.6. The summed E-state index contributed by atoms with van der Waals surface area (Å²) in [5.74, 6) is 0.0542. The Morgan fingerprint density at radius 1 is 1.31 bits per heavy atom. The lowest BCUT2D eigenvalue weighted by Gasteiger charge is -1.92. The lowest BCUT2D eigenvalue weighted by atomic mass is 10.1. The van der Waals surface area contributed by atoms with E-state index in [2.05, 4.69) is 5.38 Å². The molecule has 0 N–H and O–H groups in total. The summed E-state index contributed by atoms with van der Waals surface area (Å²) in [6, 6.07) is 3.94. The number of hydrogen-bond donors (Lipinski definition) is 0. The first-order valence-electron chi connectivity index (χ1n) is 4.89. The van der Waals surface area contributed by atoms with E-state index in [1.54, 1.807) is 11.3 Å². The molecule has 0 saturated heterocycles. The second-order valence-corrected chi connectivity index (χ2v) is 5.03. The van der Waals surface area contributed by atoms with E-state index in [9.17, 15) is 9.59 Å². The normalized spacial score (nSPS) is 10.2. The van der Waals surface area contributed by atoms with Gasteiger partial charge in [-0.25, -0.2) is 0 Å². The molecule has 82 valence electrons. The molecule has 0 spiro atoms. The molecule has 2 aromatic rings. The third kappa shape index (κ3) is 2.46. The highest BCUT2D eigenvalue weighted by molar-refractivity contribution is 7.12. The number of aldehydes is 1. The summed E-state index contributed by atoms with van der Waals surface area (Å²) in [6.45, 7) is 0. The van der Waals surface area contributed by atoms with Gasteiger partial charge in [0, 0.05) is 12.8 Å². The Balaban J connectivity index is 2.13. The van der Waals surface area contributed by atoms with Crippen LogP contribution in [0.4, 0.5) is 0 Å². The third-order valence-corrected chi connectivity index (χ3v) is 3.87. The summed E-state index contributed by atoms with van der Waals surface area (Å²) in [5, 5.41) is 6.05. The monoisotopic (exact) mass is 250 g/mol. The molecule has 0 fully saturated rings. The summed E-state index contributed by atoms with van der Waals surface area (Å²) in [5.41, 5.74) is 2.23. The van der Waals surface area contributed by atoms with E-state index < -0.39 is 0 Å². The largest absolute Gasteiger partial charge is 0.303 e. The smallest absolute Gasteiger partial charge is 0.173 e. The van der Waals surface area contributed by atoms with Crippen LogP contribution in [0.3, 0.4) is 0 Å². The topological polar surface area (TPSA) is 34.1 Å². The van der Waals surface area contributed by atoms with E-state index in [4.69, 9.17) is 0 Å². The van der Waals surface area contributed by atoms with Gasteiger partial charge in [-0.3, -0.25) is 4.79 Å². The van der Waals surface area contributed by atoms with Gasteiger partial charge in [-0.15, -0.1) is 11.3 Å². The van der Waals surface area contributed by atoms with E-state index in [1.807, 2.05) is 22.9 Å². The van der Waals surface area contributed by atoms with E-state index >= 15 is 0 Å². The van der Waals surface area contributed by atoms with Crippen LogP contribution in [-0.2, 0) is 4.79 Å². The quantitative estimate of drug-likeness (QED) is 0.599. The van der Waals surface area contributed by atoms with Crippen LogP contribution in [0, 0.1) is 0 Å². The first kappa shape index (κ1) is 11.2. The zero-order valence-electron chi connectivity index (χ0n) is 8.51. The molecule has 2 heterocycles. The van der Waals surface area contributed by atoms with Gasteiger partial charge in [-0.2, -0.15) is 11.3 Å². The molecular weight excluding hydrogens is 240 g/mol. The molecule has 0 aliphatic carbocycles. The van der Waals surface area contributed by atoms with Gasteiger partial charge in [0.1, 0.15) is 6.29 Å². The first-order chi connectivity index (χ1) is 7.81. The Morgan fingerprint density at radius 2 is 2.19 bits per heavy atom. The highest BCUT2D eigenvalue weighted by Crippen LogP contribution is 2.28. The van der Waals surface area contributed by atoms with E-state index in [0.717, 1.165) is 22.3 Å². The molecule has 0 aliphatic heterocycles. The molecule has 0 saturated carbocycles. The molecule has 0 atom stereocenters. The van der Waals surface area contributed by atoms with Crippen molar-refractivity contribution in [2.45, 2.75) is 12.8 Å². The SMILES string of the molecule is O=CCCC(=O)c1cc(-c2ccsc2)cs1. The molecule has 2 aromatic heterocycles. The molecule has 0 unspecified atom stereocenters.